The molecule has 0 aromatic carbocycles. The number of rotatable bonds is 5. The third kappa shape index (κ3) is 3.72. The van der Waals surface area contributed by atoms with E-state index in [2.05, 4.69) is 46.8 Å². The highest BCUT2D eigenvalue weighted by atomic mass is 16.3. The van der Waals surface area contributed by atoms with Crippen LogP contribution in [0.3, 0.4) is 0 Å². The zero-order valence-electron chi connectivity index (χ0n) is 20.3. The van der Waals surface area contributed by atoms with E-state index >= 15 is 0 Å². The van der Waals surface area contributed by atoms with Gasteiger partial charge in [0.05, 0.1) is 6.10 Å². The van der Waals surface area contributed by atoms with Crippen LogP contribution in [0.1, 0.15) is 92.4 Å². The quantitative estimate of drug-likeness (QED) is 0.505. The zero-order valence-corrected chi connectivity index (χ0v) is 20.3. The normalized spacial score (nSPS) is 48.3. The van der Waals surface area contributed by atoms with Crippen LogP contribution in [0.15, 0.2) is 12.2 Å². The average Bonchev–Trinajstić information content (AvgIpc) is 3.06. The lowest BCUT2D eigenvalue weighted by Gasteiger charge is -2.61. The van der Waals surface area contributed by atoms with Crippen LogP contribution < -0.4 is 0 Å². The second-order valence-corrected chi connectivity index (χ2v) is 12.6. The fourth-order valence-electron chi connectivity index (χ4n) is 9.09. The van der Waals surface area contributed by atoms with Crippen molar-refractivity contribution < 1.29 is 10.2 Å². The van der Waals surface area contributed by atoms with Gasteiger partial charge >= 0.3 is 0 Å². The Morgan fingerprint density at radius 1 is 0.867 bits per heavy atom. The van der Waals surface area contributed by atoms with Gasteiger partial charge < -0.3 is 10.2 Å². The minimum atomic E-state index is -0.0365. The third-order valence-corrected chi connectivity index (χ3v) is 11.1. The molecule has 0 saturated heterocycles. The fraction of sp³-hybridized carbons (Fsp3) is 0.929. The van der Waals surface area contributed by atoms with E-state index in [0.29, 0.717) is 28.6 Å². The Balaban J connectivity index is 1.49. The minimum absolute atomic E-state index is 0.0365. The molecule has 172 valence electrons. The van der Waals surface area contributed by atoms with Gasteiger partial charge in [-0.1, -0.05) is 46.8 Å². The maximum atomic E-state index is 10.3. The molecule has 0 bridgehead atoms. The first kappa shape index (κ1) is 22.8. The Kier molecular flexibility index (Phi) is 6.50. The van der Waals surface area contributed by atoms with Gasteiger partial charge in [0.2, 0.25) is 0 Å². The predicted molar refractivity (Wildman–Crippen MR) is 125 cm³/mol. The smallest absolute Gasteiger partial charge is 0.0543 e. The molecule has 4 aliphatic rings. The number of aliphatic hydroxyl groups is 2. The SMILES string of the molecule is CC(C)[C@@H](/C=C/[C@@H](C)[C@H]1CC[C@H]2[C@@H]3CCC4C[C@@H](O)CC[C@]4(C)[C@H]3CC[C@]12C)CO. The number of hydrogen-bond donors (Lipinski definition) is 2. The van der Waals surface area contributed by atoms with Gasteiger partial charge in [-0.15, -0.1) is 0 Å². The Bertz CT molecular complexity index is 626. The first-order valence-electron chi connectivity index (χ1n) is 13.2. The number of hydrogen-bond acceptors (Lipinski definition) is 2. The first-order valence-corrected chi connectivity index (χ1v) is 13.2. The summed E-state index contributed by atoms with van der Waals surface area (Å²) in [5.74, 6) is 5.69. The highest BCUT2D eigenvalue weighted by Gasteiger charge is 2.60. The topological polar surface area (TPSA) is 40.5 Å². The van der Waals surface area contributed by atoms with Crippen molar-refractivity contribution in [2.24, 2.45) is 58.2 Å². The Morgan fingerprint density at radius 3 is 2.27 bits per heavy atom. The molecule has 0 heterocycles. The summed E-state index contributed by atoms with van der Waals surface area (Å²) in [6.07, 6.45) is 16.5. The molecule has 0 spiro atoms. The summed E-state index contributed by atoms with van der Waals surface area (Å²) in [7, 11) is 0. The molecule has 0 aromatic heterocycles. The van der Waals surface area contributed by atoms with E-state index in [1.807, 2.05) is 0 Å². The summed E-state index contributed by atoms with van der Waals surface area (Å²) in [5.41, 5.74) is 0.980. The van der Waals surface area contributed by atoms with Crippen LogP contribution >= 0.6 is 0 Å². The molecule has 1 unspecified atom stereocenters. The average molecular weight is 417 g/mol. The molecule has 0 radical (unpaired) electrons. The monoisotopic (exact) mass is 416 g/mol. The largest absolute Gasteiger partial charge is 0.396 e. The molecule has 4 saturated carbocycles. The van der Waals surface area contributed by atoms with Crippen LogP contribution in [0.25, 0.3) is 0 Å². The predicted octanol–water partition coefficient (Wildman–Crippen LogP) is 6.46. The Labute approximate surface area is 185 Å². The summed E-state index contributed by atoms with van der Waals surface area (Å²) in [6, 6.07) is 0. The van der Waals surface area contributed by atoms with Gasteiger partial charge in [0.15, 0.2) is 0 Å². The Hall–Kier alpha value is -0.340. The van der Waals surface area contributed by atoms with Crippen molar-refractivity contribution in [3.05, 3.63) is 12.2 Å². The van der Waals surface area contributed by atoms with Crippen molar-refractivity contribution in [3.63, 3.8) is 0 Å². The molecule has 2 heteroatoms. The third-order valence-electron chi connectivity index (χ3n) is 11.1. The molecule has 4 aliphatic carbocycles. The minimum Gasteiger partial charge on any atom is -0.396 e. The first-order chi connectivity index (χ1) is 14.2. The number of allylic oxidation sites excluding steroid dienone is 1. The van der Waals surface area contributed by atoms with E-state index in [4.69, 9.17) is 0 Å². The summed E-state index contributed by atoms with van der Waals surface area (Å²) < 4.78 is 0. The number of aliphatic hydroxyl groups excluding tert-OH is 2. The van der Waals surface area contributed by atoms with Crippen molar-refractivity contribution in [2.75, 3.05) is 6.61 Å². The molecular weight excluding hydrogens is 368 g/mol. The summed E-state index contributed by atoms with van der Waals surface area (Å²) in [4.78, 5) is 0. The second kappa shape index (κ2) is 8.54. The lowest BCUT2D eigenvalue weighted by molar-refractivity contribution is -0.128. The molecule has 0 aromatic rings. The van der Waals surface area contributed by atoms with Crippen LogP contribution in [-0.2, 0) is 0 Å². The van der Waals surface area contributed by atoms with Crippen LogP contribution in [0.5, 0.6) is 0 Å². The maximum Gasteiger partial charge on any atom is 0.0543 e. The molecule has 10 atom stereocenters. The lowest BCUT2D eigenvalue weighted by atomic mass is 9.44. The molecule has 0 amide bonds. The highest BCUT2D eigenvalue weighted by molar-refractivity contribution is 5.11. The summed E-state index contributed by atoms with van der Waals surface area (Å²) >= 11 is 0. The maximum absolute atomic E-state index is 10.3. The van der Waals surface area contributed by atoms with Crippen LogP contribution in [0, 0.1) is 58.2 Å². The fourth-order valence-corrected chi connectivity index (χ4v) is 9.09. The van der Waals surface area contributed by atoms with Crippen molar-refractivity contribution in [3.8, 4) is 0 Å². The van der Waals surface area contributed by atoms with E-state index in [9.17, 15) is 10.2 Å². The van der Waals surface area contributed by atoms with E-state index < -0.39 is 0 Å². The van der Waals surface area contributed by atoms with Crippen molar-refractivity contribution >= 4 is 0 Å². The summed E-state index contributed by atoms with van der Waals surface area (Å²) in [5, 5.41) is 20.0. The van der Waals surface area contributed by atoms with Crippen molar-refractivity contribution in [1.29, 1.82) is 0 Å². The Morgan fingerprint density at radius 2 is 1.57 bits per heavy atom. The van der Waals surface area contributed by atoms with Gasteiger partial charge in [0.25, 0.3) is 0 Å². The molecule has 4 rings (SSSR count). The zero-order chi connectivity index (χ0) is 21.7. The molecule has 2 nitrogen and oxygen atoms in total. The molecule has 30 heavy (non-hydrogen) atoms. The van der Waals surface area contributed by atoms with Crippen molar-refractivity contribution in [2.45, 2.75) is 98.5 Å². The van der Waals surface area contributed by atoms with E-state index in [1.54, 1.807) is 0 Å². The van der Waals surface area contributed by atoms with Gasteiger partial charge in [0, 0.05) is 12.5 Å². The van der Waals surface area contributed by atoms with Crippen LogP contribution in [0.4, 0.5) is 0 Å². The van der Waals surface area contributed by atoms with Gasteiger partial charge in [-0.2, -0.15) is 0 Å². The van der Waals surface area contributed by atoms with Crippen molar-refractivity contribution in [1.82, 2.24) is 0 Å². The van der Waals surface area contributed by atoms with E-state index in [0.717, 1.165) is 42.4 Å². The second-order valence-electron chi connectivity index (χ2n) is 12.6. The summed E-state index contributed by atoms with van der Waals surface area (Å²) in [6.45, 7) is 12.4. The van der Waals surface area contributed by atoms with Gasteiger partial charge in [-0.3, -0.25) is 0 Å². The molecular formula is C28H48O2. The van der Waals surface area contributed by atoms with E-state index in [-0.39, 0.29) is 12.7 Å². The number of fused-ring (bicyclic) bond motifs is 5. The standard InChI is InChI=1S/C28H48O2/c1-18(2)20(17-29)7-6-19(3)24-10-11-25-23-9-8-21-16-22(30)12-14-27(21,4)26(23)13-15-28(24,25)5/h6-7,18-26,29-30H,8-17H2,1-5H3/b7-6+/t19-,20+,21?,22+,23+,24-,25+,26+,27+,28-/m1/s1. The highest BCUT2D eigenvalue weighted by Crippen LogP contribution is 2.68. The van der Waals surface area contributed by atoms with Crippen LogP contribution in [0.2, 0.25) is 0 Å². The van der Waals surface area contributed by atoms with Crippen LogP contribution in [-0.4, -0.2) is 22.9 Å². The van der Waals surface area contributed by atoms with Gasteiger partial charge in [-0.05, 0) is 110 Å². The molecule has 0 aliphatic heterocycles. The molecule has 2 N–H and O–H groups in total. The van der Waals surface area contributed by atoms with Gasteiger partial charge in [0.1, 0.15) is 0 Å². The molecule has 4 fully saturated rings. The van der Waals surface area contributed by atoms with Gasteiger partial charge in [-0.25, -0.2) is 0 Å². The van der Waals surface area contributed by atoms with E-state index in [1.165, 1.54) is 44.9 Å². The lowest BCUT2D eigenvalue weighted by Crippen LogP contribution is -2.54.